The number of nitrogens with zero attached hydrogens (tertiary/aromatic N) is 2. The van der Waals surface area contributed by atoms with Crippen LogP contribution in [0.1, 0.15) is 12.0 Å². The molecule has 1 aromatic carbocycles. The summed E-state index contributed by atoms with van der Waals surface area (Å²) in [5.41, 5.74) is -1.44. The van der Waals surface area contributed by atoms with Crippen molar-refractivity contribution in [2.75, 3.05) is 19.1 Å². The van der Waals surface area contributed by atoms with Gasteiger partial charge in [0.15, 0.2) is 5.60 Å². The first-order valence-corrected chi connectivity index (χ1v) is 5.82. The minimum Gasteiger partial charge on any atom is -0.502 e. The number of benzene rings is 1. The molecule has 0 spiro atoms. The minimum atomic E-state index is -1.89. The maximum atomic E-state index is 12.2. The van der Waals surface area contributed by atoms with Crippen molar-refractivity contribution in [3.63, 3.8) is 0 Å². The third kappa shape index (κ3) is 1.92. The average molecular weight is 278 g/mol. The van der Waals surface area contributed by atoms with Gasteiger partial charge in [-0.05, 0) is 6.07 Å². The lowest BCUT2D eigenvalue weighted by atomic mass is 9.91. The molecule has 0 saturated heterocycles. The highest BCUT2D eigenvalue weighted by atomic mass is 16.6. The van der Waals surface area contributed by atoms with Crippen LogP contribution >= 0.6 is 0 Å². The molecule has 1 N–H and O–H groups in total. The number of nitro benzene ring substituents is 1. The molecule has 1 aromatic rings. The molecular weight excluding hydrogens is 264 g/mol. The summed E-state index contributed by atoms with van der Waals surface area (Å²) in [6.45, 7) is 3.58. The van der Waals surface area contributed by atoms with E-state index >= 15 is 0 Å². The molecule has 2 rings (SSSR count). The normalized spacial score (nSPS) is 20.8. The van der Waals surface area contributed by atoms with Crippen molar-refractivity contribution in [1.82, 2.24) is 0 Å². The molecule has 1 aliphatic rings. The Morgan fingerprint density at radius 1 is 1.60 bits per heavy atom. The van der Waals surface area contributed by atoms with Gasteiger partial charge in [0.25, 0.3) is 11.6 Å². The molecule has 7 nitrogen and oxygen atoms in total. The molecule has 7 heteroatoms. The van der Waals surface area contributed by atoms with Crippen LogP contribution in [0, 0.1) is 10.1 Å². The summed E-state index contributed by atoms with van der Waals surface area (Å²) >= 11 is 0. The molecular formula is C13H14N2O5. The summed E-state index contributed by atoms with van der Waals surface area (Å²) in [6.07, 6.45) is -0.152. The maximum Gasteiger partial charge on any atom is 0.269 e. The van der Waals surface area contributed by atoms with Gasteiger partial charge >= 0.3 is 0 Å². The molecule has 0 aliphatic carbocycles. The Hall–Kier alpha value is -2.41. The van der Waals surface area contributed by atoms with Gasteiger partial charge in [-0.3, -0.25) is 14.9 Å². The Morgan fingerprint density at radius 3 is 2.80 bits per heavy atom. The van der Waals surface area contributed by atoms with E-state index in [1.807, 2.05) is 0 Å². The number of carbonyl (C=O) groups is 1. The number of aliphatic hydroxyl groups is 1. The van der Waals surface area contributed by atoms with E-state index in [0.29, 0.717) is 5.69 Å². The highest BCUT2D eigenvalue weighted by Crippen LogP contribution is 2.44. The number of methoxy groups -OCH3 is 1. The summed E-state index contributed by atoms with van der Waals surface area (Å²) < 4.78 is 4.89. The SMILES string of the molecule is C=C(C[C@]1(O)C(=O)N(C)c2ccc([N+](=O)[O-])cc21)OC. The molecule has 0 radical (unpaired) electrons. The number of hydrogen-bond acceptors (Lipinski definition) is 5. The van der Waals surface area contributed by atoms with E-state index in [4.69, 9.17) is 4.74 Å². The van der Waals surface area contributed by atoms with Crippen LogP contribution in [0.5, 0.6) is 0 Å². The third-order valence-electron chi connectivity index (χ3n) is 3.40. The van der Waals surface area contributed by atoms with Gasteiger partial charge in [-0.15, -0.1) is 0 Å². The molecule has 0 aromatic heterocycles. The monoisotopic (exact) mass is 278 g/mol. The van der Waals surface area contributed by atoms with Crippen molar-refractivity contribution in [3.05, 3.63) is 46.2 Å². The molecule has 0 bridgehead atoms. The van der Waals surface area contributed by atoms with Crippen molar-refractivity contribution in [2.24, 2.45) is 0 Å². The second-order valence-corrected chi connectivity index (χ2v) is 4.60. The van der Waals surface area contributed by atoms with Crippen LogP contribution in [-0.4, -0.2) is 30.1 Å². The number of non-ortho nitro benzene ring substituents is 1. The number of nitro groups is 1. The molecule has 106 valence electrons. The standard InChI is InChI=1S/C13H14N2O5/c1-8(20-3)7-13(17)10-6-9(15(18)19)4-5-11(10)14(2)12(13)16/h4-6,17H,1,7H2,2-3H3/t13-/m1/s1. The van der Waals surface area contributed by atoms with Crippen LogP contribution in [0.15, 0.2) is 30.5 Å². The van der Waals surface area contributed by atoms with Gasteiger partial charge < -0.3 is 14.7 Å². The molecule has 20 heavy (non-hydrogen) atoms. The van der Waals surface area contributed by atoms with Crippen LogP contribution in [0.4, 0.5) is 11.4 Å². The lowest BCUT2D eigenvalue weighted by Gasteiger charge is -2.22. The van der Waals surface area contributed by atoms with E-state index in [1.54, 1.807) is 0 Å². The molecule has 0 unspecified atom stereocenters. The Labute approximate surface area is 115 Å². The zero-order valence-electron chi connectivity index (χ0n) is 11.1. The van der Waals surface area contributed by atoms with Gasteiger partial charge in [0, 0.05) is 31.2 Å². The highest BCUT2D eigenvalue weighted by molar-refractivity contribution is 6.06. The van der Waals surface area contributed by atoms with Crippen molar-refractivity contribution in [2.45, 2.75) is 12.0 Å². The Morgan fingerprint density at radius 2 is 2.25 bits per heavy atom. The largest absolute Gasteiger partial charge is 0.502 e. The zero-order chi connectivity index (χ0) is 15.1. The Balaban J connectivity index is 2.57. The van der Waals surface area contributed by atoms with E-state index in [0.717, 1.165) is 0 Å². The molecule has 0 fully saturated rings. The second kappa shape index (κ2) is 4.61. The number of hydrogen-bond donors (Lipinski definition) is 1. The molecule has 1 amide bonds. The van der Waals surface area contributed by atoms with E-state index in [-0.39, 0.29) is 23.4 Å². The zero-order valence-corrected chi connectivity index (χ0v) is 11.1. The van der Waals surface area contributed by atoms with Crippen LogP contribution in [0.3, 0.4) is 0 Å². The topological polar surface area (TPSA) is 92.9 Å². The number of ether oxygens (including phenoxy) is 1. The fourth-order valence-electron chi connectivity index (χ4n) is 2.29. The first-order valence-electron chi connectivity index (χ1n) is 5.82. The first-order chi connectivity index (χ1) is 9.31. The maximum absolute atomic E-state index is 12.2. The number of likely N-dealkylation sites (N-methyl/N-ethyl adjacent to an activating group) is 1. The first kappa shape index (κ1) is 14.0. The van der Waals surface area contributed by atoms with Gasteiger partial charge in [-0.2, -0.15) is 0 Å². The summed E-state index contributed by atoms with van der Waals surface area (Å²) in [4.78, 5) is 23.8. The quantitative estimate of drug-likeness (QED) is 0.509. The molecule has 1 aliphatic heterocycles. The molecule has 1 heterocycles. The van der Waals surface area contributed by atoms with Crippen LogP contribution in [0.2, 0.25) is 0 Å². The van der Waals surface area contributed by atoms with Crippen LogP contribution < -0.4 is 4.90 Å². The number of carbonyl (C=O) groups excluding carboxylic acids is 1. The van der Waals surface area contributed by atoms with Crippen molar-refractivity contribution in [1.29, 1.82) is 0 Å². The summed E-state index contributed by atoms with van der Waals surface area (Å²) in [5, 5.41) is 21.5. The Bertz CT molecular complexity index is 613. The smallest absolute Gasteiger partial charge is 0.269 e. The predicted molar refractivity (Wildman–Crippen MR) is 71.2 cm³/mol. The fraction of sp³-hybridized carbons (Fsp3) is 0.308. The molecule has 0 saturated carbocycles. The van der Waals surface area contributed by atoms with Crippen molar-refractivity contribution in [3.8, 4) is 0 Å². The highest BCUT2D eigenvalue weighted by Gasteiger charge is 2.49. The summed E-state index contributed by atoms with van der Waals surface area (Å²) in [6, 6.07) is 3.94. The number of anilines is 1. The van der Waals surface area contributed by atoms with E-state index in [2.05, 4.69) is 6.58 Å². The number of fused-ring (bicyclic) bond motifs is 1. The van der Waals surface area contributed by atoms with Gasteiger partial charge in [0.05, 0.1) is 23.5 Å². The fourth-order valence-corrected chi connectivity index (χ4v) is 2.29. The number of amides is 1. The average Bonchev–Trinajstić information content (AvgIpc) is 2.61. The van der Waals surface area contributed by atoms with Crippen molar-refractivity contribution >= 4 is 17.3 Å². The molecule has 1 atom stereocenters. The van der Waals surface area contributed by atoms with E-state index in [9.17, 15) is 20.0 Å². The Kier molecular flexibility index (Phi) is 3.23. The second-order valence-electron chi connectivity index (χ2n) is 4.60. The van der Waals surface area contributed by atoms with Gasteiger partial charge in [0.2, 0.25) is 0 Å². The van der Waals surface area contributed by atoms with Crippen LogP contribution in [0.25, 0.3) is 0 Å². The summed E-state index contributed by atoms with van der Waals surface area (Å²) in [7, 11) is 2.88. The van der Waals surface area contributed by atoms with Gasteiger partial charge in [-0.1, -0.05) is 6.58 Å². The predicted octanol–water partition coefficient (Wildman–Crippen LogP) is 1.31. The lowest BCUT2D eigenvalue weighted by molar-refractivity contribution is -0.385. The van der Waals surface area contributed by atoms with Gasteiger partial charge in [0.1, 0.15) is 0 Å². The number of rotatable bonds is 4. The van der Waals surface area contributed by atoms with E-state index < -0.39 is 16.4 Å². The lowest BCUT2D eigenvalue weighted by Crippen LogP contribution is -2.38. The third-order valence-corrected chi connectivity index (χ3v) is 3.40. The van der Waals surface area contributed by atoms with Crippen molar-refractivity contribution < 1.29 is 19.6 Å². The van der Waals surface area contributed by atoms with Crippen LogP contribution in [-0.2, 0) is 15.1 Å². The van der Waals surface area contributed by atoms with Gasteiger partial charge in [-0.25, -0.2) is 0 Å². The van der Waals surface area contributed by atoms with E-state index in [1.165, 1.54) is 37.3 Å². The minimum absolute atomic E-state index is 0.152. The summed E-state index contributed by atoms with van der Waals surface area (Å²) in [5.74, 6) is -0.347.